The zero-order valence-electron chi connectivity index (χ0n) is 9.35. The number of nitrogens with one attached hydrogen (secondary N) is 1. The first-order valence-corrected chi connectivity index (χ1v) is 5.21. The molecule has 0 aliphatic carbocycles. The summed E-state index contributed by atoms with van der Waals surface area (Å²) in [7, 11) is 0. The first-order chi connectivity index (χ1) is 6.65. The van der Waals surface area contributed by atoms with E-state index in [-0.39, 0.29) is 0 Å². The number of aryl methyl sites for hydroxylation is 2. The third-order valence-corrected chi connectivity index (χ3v) is 2.55. The Bertz CT molecular complexity index is 305. The highest BCUT2D eigenvalue weighted by Crippen LogP contribution is 2.17. The van der Waals surface area contributed by atoms with Crippen molar-refractivity contribution in [1.29, 1.82) is 0 Å². The van der Waals surface area contributed by atoms with E-state index in [0.29, 0.717) is 0 Å². The molecule has 0 bridgehead atoms. The van der Waals surface area contributed by atoms with Crippen LogP contribution in [0.3, 0.4) is 0 Å². The number of benzene rings is 1. The molecule has 2 nitrogen and oxygen atoms in total. The highest BCUT2D eigenvalue weighted by atomic mass is 14.8. The Labute approximate surface area is 86.5 Å². The van der Waals surface area contributed by atoms with Crippen molar-refractivity contribution < 1.29 is 0 Å². The van der Waals surface area contributed by atoms with Gasteiger partial charge in [-0.25, -0.2) is 0 Å². The summed E-state index contributed by atoms with van der Waals surface area (Å²) >= 11 is 0. The standard InChI is InChI=1S/C12H20N2/c1-4-14-6-5-11-8-12(13)10(3)7-9(11)2/h7-8,14H,4-6,13H2,1-3H3. The lowest BCUT2D eigenvalue weighted by atomic mass is 10.0. The van der Waals surface area contributed by atoms with E-state index in [1.807, 2.05) is 0 Å². The molecule has 0 unspecified atom stereocenters. The Morgan fingerprint density at radius 1 is 1.21 bits per heavy atom. The van der Waals surface area contributed by atoms with Crippen molar-refractivity contribution in [1.82, 2.24) is 5.32 Å². The number of hydrogen-bond acceptors (Lipinski definition) is 2. The Kier molecular flexibility index (Phi) is 3.96. The van der Waals surface area contributed by atoms with Crippen molar-refractivity contribution in [3.8, 4) is 0 Å². The summed E-state index contributed by atoms with van der Waals surface area (Å²) < 4.78 is 0. The van der Waals surface area contributed by atoms with Crippen LogP contribution in [-0.4, -0.2) is 13.1 Å². The van der Waals surface area contributed by atoms with Crippen molar-refractivity contribution in [2.24, 2.45) is 0 Å². The number of rotatable bonds is 4. The molecule has 0 amide bonds. The molecule has 0 fully saturated rings. The van der Waals surface area contributed by atoms with E-state index >= 15 is 0 Å². The third-order valence-electron chi connectivity index (χ3n) is 2.55. The summed E-state index contributed by atoms with van der Waals surface area (Å²) in [6.45, 7) is 8.38. The van der Waals surface area contributed by atoms with Crippen LogP contribution in [-0.2, 0) is 6.42 Å². The van der Waals surface area contributed by atoms with E-state index in [1.54, 1.807) is 0 Å². The third kappa shape index (κ3) is 2.74. The second-order valence-corrected chi connectivity index (χ2v) is 3.74. The lowest BCUT2D eigenvalue weighted by Gasteiger charge is -2.09. The van der Waals surface area contributed by atoms with Gasteiger partial charge in [-0.05, 0) is 56.1 Å². The number of hydrogen-bond donors (Lipinski definition) is 2. The van der Waals surface area contributed by atoms with Crippen molar-refractivity contribution in [3.63, 3.8) is 0 Å². The van der Waals surface area contributed by atoms with Gasteiger partial charge >= 0.3 is 0 Å². The van der Waals surface area contributed by atoms with Crippen LogP contribution in [0.2, 0.25) is 0 Å². The minimum Gasteiger partial charge on any atom is -0.399 e. The van der Waals surface area contributed by atoms with Crippen LogP contribution in [0.5, 0.6) is 0 Å². The maximum atomic E-state index is 5.87. The van der Waals surface area contributed by atoms with E-state index in [4.69, 9.17) is 5.73 Å². The van der Waals surface area contributed by atoms with Gasteiger partial charge in [-0.15, -0.1) is 0 Å². The average molecular weight is 192 g/mol. The molecule has 0 aliphatic rings. The summed E-state index contributed by atoms with van der Waals surface area (Å²) in [5.74, 6) is 0. The fourth-order valence-electron chi connectivity index (χ4n) is 1.59. The van der Waals surface area contributed by atoms with Gasteiger partial charge in [0.1, 0.15) is 0 Å². The van der Waals surface area contributed by atoms with Crippen LogP contribution in [0, 0.1) is 13.8 Å². The molecule has 2 heteroatoms. The fourth-order valence-corrected chi connectivity index (χ4v) is 1.59. The molecular formula is C12H20N2. The molecule has 3 N–H and O–H groups in total. The number of nitrogen functional groups attached to an aromatic ring is 1. The van der Waals surface area contributed by atoms with Gasteiger partial charge in [-0.3, -0.25) is 0 Å². The Morgan fingerprint density at radius 2 is 1.93 bits per heavy atom. The number of nitrogens with two attached hydrogens (primary N) is 1. The first-order valence-electron chi connectivity index (χ1n) is 5.21. The van der Waals surface area contributed by atoms with E-state index in [2.05, 4.69) is 38.2 Å². The maximum Gasteiger partial charge on any atom is 0.0346 e. The molecule has 0 aromatic heterocycles. The van der Waals surface area contributed by atoms with E-state index in [9.17, 15) is 0 Å². The van der Waals surface area contributed by atoms with Crippen LogP contribution in [0.4, 0.5) is 5.69 Å². The van der Waals surface area contributed by atoms with Gasteiger partial charge in [0, 0.05) is 5.69 Å². The van der Waals surface area contributed by atoms with Crippen LogP contribution in [0.25, 0.3) is 0 Å². The summed E-state index contributed by atoms with van der Waals surface area (Å²) in [5, 5.41) is 3.32. The molecule has 0 heterocycles. The quantitative estimate of drug-likeness (QED) is 0.566. The molecule has 78 valence electrons. The highest BCUT2D eigenvalue weighted by molar-refractivity contribution is 5.51. The predicted molar refractivity (Wildman–Crippen MR) is 62.6 cm³/mol. The van der Waals surface area contributed by atoms with Crippen LogP contribution in [0.1, 0.15) is 23.6 Å². The van der Waals surface area contributed by atoms with Crippen LogP contribution in [0.15, 0.2) is 12.1 Å². The van der Waals surface area contributed by atoms with Crippen molar-refractivity contribution in [2.75, 3.05) is 18.8 Å². The molecule has 14 heavy (non-hydrogen) atoms. The molecule has 1 aromatic carbocycles. The van der Waals surface area contributed by atoms with Crippen molar-refractivity contribution in [3.05, 3.63) is 28.8 Å². The molecule has 0 atom stereocenters. The molecule has 0 aliphatic heterocycles. The fraction of sp³-hybridized carbons (Fsp3) is 0.500. The van der Waals surface area contributed by atoms with E-state index in [0.717, 1.165) is 25.2 Å². The average Bonchev–Trinajstić information content (AvgIpc) is 2.14. The minimum absolute atomic E-state index is 0.905. The molecule has 1 rings (SSSR count). The Hall–Kier alpha value is -1.02. The monoisotopic (exact) mass is 192 g/mol. The summed E-state index contributed by atoms with van der Waals surface area (Å²) in [4.78, 5) is 0. The zero-order valence-corrected chi connectivity index (χ0v) is 9.35. The zero-order chi connectivity index (χ0) is 10.6. The highest BCUT2D eigenvalue weighted by Gasteiger charge is 2.01. The van der Waals surface area contributed by atoms with Gasteiger partial charge in [-0.2, -0.15) is 0 Å². The number of likely N-dealkylation sites (N-methyl/N-ethyl adjacent to an activating group) is 1. The molecule has 1 aromatic rings. The van der Waals surface area contributed by atoms with Gasteiger partial charge in [0.25, 0.3) is 0 Å². The van der Waals surface area contributed by atoms with Gasteiger partial charge in [0.2, 0.25) is 0 Å². The van der Waals surface area contributed by atoms with Crippen LogP contribution >= 0.6 is 0 Å². The lowest BCUT2D eigenvalue weighted by Crippen LogP contribution is -2.16. The SMILES string of the molecule is CCNCCc1cc(N)c(C)cc1C. The van der Waals surface area contributed by atoms with Crippen molar-refractivity contribution in [2.45, 2.75) is 27.2 Å². The van der Waals surface area contributed by atoms with E-state index < -0.39 is 0 Å². The predicted octanol–water partition coefficient (Wildman–Crippen LogP) is 2.04. The minimum atomic E-state index is 0.905. The second-order valence-electron chi connectivity index (χ2n) is 3.74. The second kappa shape index (κ2) is 5.01. The normalized spacial score (nSPS) is 10.5. The van der Waals surface area contributed by atoms with Gasteiger partial charge < -0.3 is 11.1 Å². The molecule has 0 radical (unpaired) electrons. The summed E-state index contributed by atoms with van der Waals surface area (Å²) in [6, 6.07) is 4.26. The molecular weight excluding hydrogens is 172 g/mol. The summed E-state index contributed by atoms with van der Waals surface area (Å²) in [5.41, 5.74) is 10.7. The van der Waals surface area contributed by atoms with Crippen LogP contribution < -0.4 is 11.1 Å². The van der Waals surface area contributed by atoms with Crippen molar-refractivity contribution >= 4 is 5.69 Å². The molecule has 0 spiro atoms. The topological polar surface area (TPSA) is 38.0 Å². The largest absolute Gasteiger partial charge is 0.399 e. The van der Waals surface area contributed by atoms with Gasteiger partial charge in [-0.1, -0.05) is 13.0 Å². The van der Waals surface area contributed by atoms with Gasteiger partial charge in [0.15, 0.2) is 0 Å². The number of anilines is 1. The van der Waals surface area contributed by atoms with Gasteiger partial charge in [0.05, 0.1) is 0 Å². The Morgan fingerprint density at radius 3 is 2.57 bits per heavy atom. The summed E-state index contributed by atoms with van der Waals surface area (Å²) in [6.07, 6.45) is 1.06. The molecule has 0 saturated carbocycles. The maximum absolute atomic E-state index is 5.87. The first kappa shape index (κ1) is 11.1. The lowest BCUT2D eigenvalue weighted by molar-refractivity contribution is 0.715. The Balaban J connectivity index is 2.72. The smallest absolute Gasteiger partial charge is 0.0346 e. The van der Waals surface area contributed by atoms with E-state index in [1.165, 1.54) is 16.7 Å². The molecule has 0 saturated heterocycles.